The van der Waals surface area contributed by atoms with Crippen molar-refractivity contribution in [1.82, 2.24) is 19.2 Å². The summed E-state index contributed by atoms with van der Waals surface area (Å²) in [6, 6.07) is 4.53. The Labute approximate surface area is 147 Å². The number of piperazine rings is 1. The molecule has 1 aliphatic rings. The molecular formula is C16H22N4O4S. The Morgan fingerprint density at radius 2 is 1.92 bits per heavy atom. The molecule has 3 rings (SSSR count). The third-order valence-electron chi connectivity index (χ3n) is 4.30. The van der Waals surface area contributed by atoms with Gasteiger partial charge in [0.2, 0.25) is 0 Å². The number of nitrogens with zero attached hydrogens (tertiary/aromatic N) is 3. The molecule has 1 aliphatic heterocycles. The van der Waals surface area contributed by atoms with Crippen LogP contribution in [0, 0.1) is 0 Å². The number of sulfonamides is 1. The molecule has 0 aliphatic carbocycles. The van der Waals surface area contributed by atoms with E-state index in [1.165, 1.54) is 18.5 Å². The van der Waals surface area contributed by atoms with Crippen LogP contribution in [0.1, 0.15) is 11.9 Å². The maximum absolute atomic E-state index is 13.5. The fourth-order valence-electron chi connectivity index (χ4n) is 3.08. The standard InChI is InChI=1S/C16H22N4O4S/c1-19-9-8-18-16(19)12-11-17-7-10-20(12)25(21,22)15-13(23-2)5-4-6-14(15)24-3/h4-6,8-9,12,17H,7,10-11H2,1-3H3. The highest BCUT2D eigenvalue weighted by molar-refractivity contribution is 7.89. The van der Waals surface area contributed by atoms with Crippen LogP contribution in [0.4, 0.5) is 0 Å². The molecule has 0 amide bonds. The van der Waals surface area contributed by atoms with E-state index < -0.39 is 16.1 Å². The third-order valence-corrected chi connectivity index (χ3v) is 6.27. The van der Waals surface area contributed by atoms with Crippen LogP contribution in [0.3, 0.4) is 0 Å². The Kier molecular flexibility index (Phi) is 4.98. The smallest absolute Gasteiger partial charge is 0.251 e. The number of benzene rings is 1. The zero-order valence-electron chi connectivity index (χ0n) is 14.5. The van der Waals surface area contributed by atoms with Gasteiger partial charge in [0.25, 0.3) is 10.0 Å². The van der Waals surface area contributed by atoms with Gasteiger partial charge in [0, 0.05) is 39.1 Å². The molecule has 1 N–H and O–H groups in total. The van der Waals surface area contributed by atoms with E-state index in [4.69, 9.17) is 9.47 Å². The molecule has 0 spiro atoms. The number of aryl methyl sites for hydroxylation is 1. The van der Waals surface area contributed by atoms with Crippen LogP contribution in [0.15, 0.2) is 35.5 Å². The van der Waals surface area contributed by atoms with Crippen molar-refractivity contribution in [3.05, 3.63) is 36.4 Å². The van der Waals surface area contributed by atoms with Crippen molar-refractivity contribution < 1.29 is 17.9 Å². The lowest BCUT2D eigenvalue weighted by molar-refractivity contribution is 0.256. The van der Waals surface area contributed by atoms with Crippen LogP contribution in [0.25, 0.3) is 0 Å². The topological polar surface area (TPSA) is 85.7 Å². The summed E-state index contributed by atoms with van der Waals surface area (Å²) < 4.78 is 40.8. The van der Waals surface area contributed by atoms with Gasteiger partial charge in [-0.15, -0.1) is 0 Å². The summed E-state index contributed by atoms with van der Waals surface area (Å²) in [6.07, 6.45) is 3.47. The summed E-state index contributed by atoms with van der Waals surface area (Å²) in [4.78, 5) is 4.38. The molecular weight excluding hydrogens is 344 g/mol. The van der Waals surface area contributed by atoms with Gasteiger partial charge in [0.05, 0.1) is 20.3 Å². The van der Waals surface area contributed by atoms with E-state index in [1.807, 2.05) is 11.6 Å². The molecule has 25 heavy (non-hydrogen) atoms. The molecule has 2 heterocycles. The SMILES string of the molecule is COc1cccc(OC)c1S(=O)(=O)N1CCNCC1c1nccn1C. The van der Waals surface area contributed by atoms with Gasteiger partial charge in [0.15, 0.2) is 4.90 Å². The first-order chi connectivity index (χ1) is 12.0. The number of rotatable bonds is 5. The second kappa shape index (κ2) is 7.03. The predicted molar refractivity (Wildman–Crippen MR) is 92.3 cm³/mol. The van der Waals surface area contributed by atoms with E-state index >= 15 is 0 Å². The monoisotopic (exact) mass is 366 g/mol. The van der Waals surface area contributed by atoms with Gasteiger partial charge >= 0.3 is 0 Å². The Morgan fingerprint density at radius 1 is 1.24 bits per heavy atom. The average molecular weight is 366 g/mol. The van der Waals surface area contributed by atoms with Gasteiger partial charge < -0.3 is 19.4 Å². The fraction of sp³-hybridized carbons (Fsp3) is 0.438. The Morgan fingerprint density at radius 3 is 2.48 bits per heavy atom. The van der Waals surface area contributed by atoms with Gasteiger partial charge in [-0.05, 0) is 12.1 Å². The third kappa shape index (κ3) is 3.10. The summed E-state index contributed by atoms with van der Waals surface area (Å²) >= 11 is 0. The van der Waals surface area contributed by atoms with Gasteiger partial charge in [0.1, 0.15) is 17.3 Å². The normalized spacial score (nSPS) is 18.9. The highest BCUT2D eigenvalue weighted by Gasteiger charge is 2.39. The minimum Gasteiger partial charge on any atom is -0.495 e. The van der Waals surface area contributed by atoms with Crippen LogP contribution in [0.2, 0.25) is 0 Å². The van der Waals surface area contributed by atoms with Gasteiger partial charge in [-0.3, -0.25) is 0 Å². The largest absolute Gasteiger partial charge is 0.495 e. The van der Waals surface area contributed by atoms with Crippen LogP contribution >= 0.6 is 0 Å². The highest BCUT2D eigenvalue weighted by Crippen LogP contribution is 2.38. The van der Waals surface area contributed by atoms with Crippen molar-refractivity contribution in [1.29, 1.82) is 0 Å². The average Bonchev–Trinajstić information content (AvgIpc) is 3.06. The van der Waals surface area contributed by atoms with Crippen LogP contribution in [-0.4, -0.2) is 56.1 Å². The Bertz CT molecular complexity index is 827. The molecule has 1 aromatic carbocycles. The van der Waals surface area contributed by atoms with Crippen LogP contribution in [-0.2, 0) is 17.1 Å². The molecule has 1 saturated heterocycles. The Balaban J connectivity index is 2.11. The molecule has 9 heteroatoms. The summed E-state index contributed by atoms with van der Waals surface area (Å²) in [5, 5.41) is 3.24. The lowest BCUT2D eigenvalue weighted by Crippen LogP contribution is -2.49. The second-order valence-corrected chi connectivity index (χ2v) is 7.55. The number of aromatic nitrogens is 2. The highest BCUT2D eigenvalue weighted by atomic mass is 32.2. The van der Waals surface area contributed by atoms with E-state index in [0.717, 1.165) is 0 Å². The van der Waals surface area contributed by atoms with Gasteiger partial charge in [-0.25, -0.2) is 13.4 Å². The number of methoxy groups -OCH3 is 2. The number of hydrogen-bond donors (Lipinski definition) is 1. The van der Waals surface area contributed by atoms with E-state index in [2.05, 4.69) is 10.3 Å². The van der Waals surface area contributed by atoms with Crippen molar-refractivity contribution >= 4 is 10.0 Å². The van der Waals surface area contributed by atoms with E-state index in [9.17, 15) is 8.42 Å². The first-order valence-corrected chi connectivity index (χ1v) is 9.35. The van der Waals surface area contributed by atoms with Crippen molar-refractivity contribution in [3.8, 4) is 11.5 Å². The number of hydrogen-bond acceptors (Lipinski definition) is 6. The van der Waals surface area contributed by atoms with Crippen molar-refractivity contribution in [3.63, 3.8) is 0 Å². The minimum absolute atomic E-state index is 0.0427. The molecule has 0 radical (unpaired) electrons. The molecule has 1 atom stereocenters. The van der Waals surface area contributed by atoms with Crippen LogP contribution < -0.4 is 14.8 Å². The van der Waals surface area contributed by atoms with Gasteiger partial charge in [-0.1, -0.05) is 6.07 Å². The number of imidazole rings is 1. The first kappa shape index (κ1) is 17.7. The summed E-state index contributed by atoms with van der Waals surface area (Å²) in [6.45, 7) is 1.39. The molecule has 0 bridgehead atoms. The maximum atomic E-state index is 13.5. The van der Waals surface area contributed by atoms with E-state index in [0.29, 0.717) is 25.5 Å². The van der Waals surface area contributed by atoms with Crippen molar-refractivity contribution in [2.75, 3.05) is 33.9 Å². The first-order valence-electron chi connectivity index (χ1n) is 7.91. The van der Waals surface area contributed by atoms with E-state index in [1.54, 1.807) is 30.6 Å². The quantitative estimate of drug-likeness (QED) is 0.841. The zero-order valence-corrected chi connectivity index (χ0v) is 15.3. The van der Waals surface area contributed by atoms with Gasteiger partial charge in [-0.2, -0.15) is 4.31 Å². The predicted octanol–water partition coefficient (Wildman–Crippen LogP) is 0.772. The van der Waals surface area contributed by atoms with Crippen molar-refractivity contribution in [2.45, 2.75) is 10.9 Å². The molecule has 0 saturated carbocycles. The lowest BCUT2D eigenvalue weighted by atomic mass is 10.2. The summed E-state index contributed by atoms with van der Waals surface area (Å²) in [7, 11) is 0.896. The number of ether oxygens (including phenoxy) is 2. The second-order valence-electron chi connectivity index (χ2n) is 5.72. The molecule has 1 aromatic heterocycles. The van der Waals surface area contributed by atoms with E-state index in [-0.39, 0.29) is 16.4 Å². The summed E-state index contributed by atoms with van der Waals surface area (Å²) in [5.74, 6) is 1.21. The fourth-order valence-corrected chi connectivity index (χ4v) is 4.96. The molecule has 1 fully saturated rings. The van der Waals surface area contributed by atoms with Crippen molar-refractivity contribution in [2.24, 2.45) is 7.05 Å². The lowest BCUT2D eigenvalue weighted by Gasteiger charge is -2.35. The number of nitrogens with one attached hydrogen (secondary N) is 1. The molecule has 136 valence electrons. The molecule has 8 nitrogen and oxygen atoms in total. The molecule has 2 aromatic rings. The zero-order chi connectivity index (χ0) is 18.0. The van der Waals surface area contributed by atoms with Crippen LogP contribution in [0.5, 0.6) is 11.5 Å². The minimum atomic E-state index is -3.85. The molecule has 1 unspecified atom stereocenters. The Hall–Kier alpha value is -2.10. The summed E-state index contributed by atoms with van der Waals surface area (Å²) in [5.41, 5.74) is 0. The maximum Gasteiger partial charge on any atom is 0.251 e.